The molecule has 0 fully saturated rings. The summed E-state index contributed by atoms with van der Waals surface area (Å²) in [6.45, 7) is 4.76. The van der Waals surface area contributed by atoms with Gasteiger partial charge in [0.05, 0.1) is 18.8 Å². The molecule has 0 aliphatic heterocycles. The van der Waals surface area contributed by atoms with Gasteiger partial charge in [0.2, 0.25) is 0 Å². The number of amides is 2. The van der Waals surface area contributed by atoms with Gasteiger partial charge in [-0.15, -0.1) is 0 Å². The van der Waals surface area contributed by atoms with E-state index in [1.807, 2.05) is 13.8 Å². The van der Waals surface area contributed by atoms with Crippen LogP contribution in [0.3, 0.4) is 0 Å². The van der Waals surface area contributed by atoms with Crippen LogP contribution in [-0.2, 0) is 4.79 Å². The first-order chi connectivity index (χ1) is 12.5. The van der Waals surface area contributed by atoms with Crippen molar-refractivity contribution in [2.24, 2.45) is 0 Å². The highest BCUT2D eigenvalue weighted by molar-refractivity contribution is 6.10. The summed E-state index contributed by atoms with van der Waals surface area (Å²) < 4.78 is 11.0. The number of carbonyl (C=O) groups is 2. The molecule has 0 spiro atoms. The third-order valence-corrected chi connectivity index (χ3v) is 3.38. The second-order valence-electron chi connectivity index (χ2n) is 5.24. The Morgan fingerprint density at radius 3 is 2.42 bits per heavy atom. The molecule has 2 aromatic rings. The van der Waals surface area contributed by atoms with Crippen molar-refractivity contribution in [3.05, 3.63) is 59.7 Å². The summed E-state index contributed by atoms with van der Waals surface area (Å²) >= 11 is 0. The minimum atomic E-state index is -0.667. The van der Waals surface area contributed by atoms with Gasteiger partial charge in [-0.3, -0.25) is 14.9 Å². The standard InChI is InChI=1S/C20H21NO5/c1-3-25-17-11-9-14(13-18(17)26-4-2)10-12-19(23)21-20(24)15-7-5-6-8-16(15)22/h5-13,22H,3-4H2,1-2H3,(H,21,23,24). The Hall–Kier alpha value is -3.28. The van der Waals surface area contributed by atoms with Crippen LogP contribution < -0.4 is 14.8 Å². The lowest BCUT2D eigenvalue weighted by atomic mass is 10.1. The smallest absolute Gasteiger partial charge is 0.261 e. The number of phenols is 1. The molecule has 2 amide bonds. The van der Waals surface area contributed by atoms with Gasteiger partial charge >= 0.3 is 0 Å². The topological polar surface area (TPSA) is 84.9 Å². The van der Waals surface area contributed by atoms with Gasteiger partial charge in [-0.1, -0.05) is 18.2 Å². The Morgan fingerprint density at radius 1 is 1.04 bits per heavy atom. The maximum atomic E-state index is 12.0. The van der Waals surface area contributed by atoms with Crippen molar-refractivity contribution in [2.75, 3.05) is 13.2 Å². The Kier molecular flexibility index (Phi) is 6.79. The second kappa shape index (κ2) is 9.27. The summed E-state index contributed by atoms with van der Waals surface area (Å²) in [7, 11) is 0. The minimum absolute atomic E-state index is 0.0361. The summed E-state index contributed by atoms with van der Waals surface area (Å²) in [4.78, 5) is 23.9. The molecular formula is C20H21NO5. The second-order valence-corrected chi connectivity index (χ2v) is 5.24. The molecule has 2 aromatic carbocycles. The molecule has 0 unspecified atom stereocenters. The average Bonchev–Trinajstić information content (AvgIpc) is 2.62. The van der Waals surface area contributed by atoms with E-state index in [4.69, 9.17) is 9.47 Å². The van der Waals surface area contributed by atoms with Crippen molar-refractivity contribution in [2.45, 2.75) is 13.8 Å². The number of benzene rings is 2. The molecule has 136 valence electrons. The summed E-state index contributed by atoms with van der Waals surface area (Å²) in [5, 5.41) is 11.8. The van der Waals surface area contributed by atoms with Gasteiger partial charge in [-0.05, 0) is 49.8 Å². The van der Waals surface area contributed by atoms with Crippen LogP contribution in [0.15, 0.2) is 48.5 Å². The lowest BCUT2D eigenvalue weighted by Gasteiger charge is -2.11. The molecule has 0 aliphatic rings. The van der Waals surface area contributed by atoms with Crippen molar-refractivity contribution in [3.63, 3.8) is 0 Å². The van der Waals surface area contributed by atoms with Gasteiger partial charge in [0.25, 0.3) is 11.8 Å². The number of hydrogen-bond donors (Lipinski definition) is 2. The molecular weight excluding hydrogens is 334 g/mol. The third-order valence-electron chi connectivity index (χ3n) is 3.38. The molecule has 0 bridgehead atoms. The van der Waals surface area contributed by atoms with Crippen molar-refractivity contribution >= 4 is 17.9 Å². The van der Waals surface area contributed by atoms with E-state index in [0.29, 0.717) is 24.7 Å². The Bertz CT molecular complexity index is 814. The van der Waals surface area contributed by atoms with Crippen LogP contribution in [0.2, 0.25) is 0 Å². The van der Waals surface area contributed by atoms with Gasteiger partial charge < -0.3 is 14.6 Å². The quantitative estimate of drug-likeness (QED) is 0.745. The highest BCUT2D eigenvalue weighted by Crippen LogP contribution is 2.29. The summed E-state index contributed by atoms with van der Waals surface area (Å²) in [6, 6.07) is 11.3. The van der Waals surface area contributed by atoms with Crippen LogP contribution in [0.5, 0.6) is 17.2 Å². The number of carbonyl (C=O) groups excluding carboxylic acids is 2. The van der Waals surface area contributed by atoms with E-state index in [9.17, 15) is 14.7 Å². The van der Waals surface area contributed by atoms with E-state index in [1.54, 1.807) is 36.4 Å². The van der Waals surface area contributed by atoms with Gasteiger partial charge in [-0.25, -0.2) is 0 Å². The van der Waals surface area contributed by atoms with E-state index < -0.39 is 11.8 Å². The molecule has 6 heteroatoms. The molecule has 0 aromatic heterocycles. The molecule has 0 saturated carbocycles. The zero-order valence-corrected chi connectivity index (χ0v) is 14.7. The molecule has 0 saturated heterocycles. The number of rotatable bonds is 7. The van der Waals surface area contributed by atoms with Crippen molar-refractivity contribution in [1.82, 2.24) is 5.32 Å². The lowest BCUT2D eigenvalue weighted by molar-refractivity contribution is -0.115. The van der Waals surface area contributed by atoms with E-state index in [2.05, 4.69) is 5.32 Å². The normalized spacial score (nSPS) is 10.5. The number of imide groups is 1. The first-order valence-electron chi connectivity index (χ1n) is 8.26. The maximum absolute atomic E-state index is 12.0. The highest BCUT2D eigenvalue weighted by atomic mass is 16.5. The van der Waals surface area contributed by atoms with Crippen LogP contribution in [0.1, 0.15) is 29.8 Å². The molecule has 0 aliphatic carbocycles. The SMILES string of the molecule is CCOc1ccc(C=CC(=O)NC(=O)c2ccccc2O)cc1OCC. The Labute approximate surface area is 152 Å². The average molecular weight is 355 g/mol. The minimum Gasteiger partial charge on any atom is -0.507 e. The molecule has 6 nitrogen and oxygen atoms in total. The van der Waals surface area contributed by atoms with E-state index >= 15 is 0 Å². The Balaban J connectivity index is 2.06. The van der Waals surface area contributed by atoms with Crippen molar-refractivity contribution in [3.8, 4) is 17.2 Å². The van der Waals surface area contributed by atoms with Gasteiger partial charge in [0.15, 0.2) is 11.5 Å². The van der Waals surface area contributed by atoms with Crippen molar-refractivity contribution in [1.29, 1.82) is 0 Å². The predicted octanol–water partition coefficient (Wildman–Crippen LogP) is 3.16. The maximum Gasteiger partial charge on any atom is 0.261 e. The van der Waals surface area contributed by atoms with Crippen LogP contribution in [-0.4, -0.2) is 30.1 Å². The van der Waals surface area contributed by atoms with E-state index in [-0.39, 0.29) is 11.3 Å². The van der Waals surface area contributed by atoms with Crippen LogP contribution in [0.25, 0.3) is 6.08 Å². The number of aromatic hydroxyl groups is 1. The van der Waals surface area contributed by atoms with Gasteiger partial charge in [-0.2, -0.15) is 0 Å². The van der Waals surface area contributed by atoms with Crippen LogP contribution >= 0.6 is 0 Å². The lowest BCUT2D eigenvalue weighted by Crippen LogP contribution is -2.28. The van der Waals surface area contributed by atoms with Crippen LogP contribution in [0.4, 0.5) is 0 Å². The number of phenolic OH excluding ortho intramolecular Hbond substituents is 1. The summed E-state index contributed by atoms with van der Waals surface area (Å²) in [6.07, 6.45) is 2.80. The molecule has 0 heterocycles. The molecule has 0 atom stereocenters. The molecule has 0 radical (unpaired) electrons. The highest BCUT2D eigenvalue weighted by Gasteiger charge is 2.12. The van der Waals surface area contributed by atoms with E-state index in [1.165, 1.54) is 18.2 Å². The third kappa shape index (κ3) is 5.11. The summed E-state index contributed by atoms with van der Waals surface area (Å²) in [5.41, 5.74) is 0.760. The Morgan fingerprint density at radius 2 is 1.73 bits per heavy atom. The van der Waals surface area contributed by atoms with E-state index in [0.717, 1.165) is 5.56 Å². The number of ether oxygens (including phenoxy) is 2. The van der Waals surface area contributed by atoms with Crippen molar-refractivity contribution < 1.29 is 24.2 Å². The number of nitrogens with one attached hydrogen (secondary N) is 1. The molecule has 26 heavy (non-hydrogen) atoms. The number of para-hydroxylation sites is 1. The first-order valence-corrected chi connectivity index (χ1v) is 8.26. The first kappa shape index (κ1) is 19.1. The number of hydrogen-bond acceptors (Lipinski definition) is 5. The monoisotopic (exact) mass is 355 g/mol. The fourth-order valence-corrected chi connectivity index (χ4v) is 2.23. The molecule has 2 rings (SSSR count). The van der Waals surface area contributed by atoms with Crippen LogP contribution in [0, 0.1) is 0 Å². The summed E-state index contributed by atoms with van der Waals surface area (Å²) in [5.74, 6) is -0.230. The predicted molar refractivity (Wildman–Crippen MR) is 98.4 cm³/mol. The molecule has 2 N–H and O–H groups in total. The fourth-order valence-electron chi connectivity index (χ4n) is 2.23. The fraction of sp³-hybridized carbons (Fsp3) is 0.200. The van der Waals surface area contributed by atoms with Gasteiger partial charge in [0.1, 0.15) is 5.75 Å². The largest absolute Gasteiger partial charge is 0.507 e. The zero-order valence-electron chi connectivity index (χ0n) is 14.7. The van der Waals surface area contributed by atoms with Gasteiger partial charge in [0, 0.05) is 6.08 Å². The zero-order chi connectivity index (χ0) is 18.9.